The molecule has 0 spiro atoms. The van der Waals surface area contributed by atoms with Gasteiger partial charge in [-0.3, -0.25) is 0 Å². The summed E-state index contributed by atoms with van der Waals surface area (Å²) in [4.78, 5) is 0. The minimum absolute atomic E-state index is 0.179. The van der Waals surface area contributed by atoms with E-state index in [-0.39, 0.29) is 5.92 Å². The standard InChI is InChI=1S/C15H12Br2F2/c16-9-12(11-2-1-3-13(17)7-11)4-10-5-14(18)8-15(19)6-10/h1-3,5-8,12H,4,9H2. The first kappa shape index (κ1) is 14.7. The zero-order valence-corrected chi connectivity index (χ0v) is 13.2. The molecule has 2 aromatic carbocycles. The SMILES string of the molecule is Fc1cc(F)cc(CC(CBr)c2cccc(Br)c2)c1. The number of halogens is 4. The molecule has 0 radical (unpaired) electrons. The number of rotatable bonds is 4. The van der Waals surface area contributed by atoms with E-state index in [4.69, 9.17) is 0 Å². The van der Waals surface area contributed by atoms with Crippen molar-refractivity contribution in [3.63, 3.8) is 0 Å². The summed E-state index contributed by atoms with van der Waals surface area (Å²) < 4.78 is 27.4. The van der Waals surface area contributed by atoms with E-state index in [1.165, 1.54) is 12.1 Å². The second kappa shape index (κ2) is 6.62. The van der Waals surface area contributed by atoms with Gasteiger partial charge in [-0.25, -0.2) is 8.78 Å². The summed E-state index contributed by atoms with van der Waals surface area (Å²) in [6.45, 7) is 0. The van der Waals surface area contributed by atoms with Gasteiger partial charge in [0.25, 0.3) is 0 Å². The van der Waals surface area contributed by atoms with Crippen molar-refractivity contribution in [2.24, 2.45) is 0 Å². The smallest absolute Gasteiger partial charge is 0.126 e. The van der Waals surface area contributed by atoms with E-state index in [2.05, 4.69) is 31.9 Å². The molecule has 0 amide bonds. The molecule has 0 aliphatic rings. The van der Waals surface area contributed by atoms with Crippen molar-refractivity contribution in [1.82, 2.24) is 0 Å². The van der Waals surface area contributed by atoms with Crippen LogP contribution < -0.4 is 0 Å². The van der Waals surface area contributed by atoms with Crippen LogP contribution in [0.15, 0.2) is 46.9 Å². The average Bonchev–Trinajstić information content (AvgIpc) is 2.34. The van der Waals surface area contributed by atoms with Crippen LogP contribution in [0.1, 0.15) is 17.0 Å². The van der Waals surface area contributed by atoms with Crippen LogP contribution in [0.5, 0.6) is 0 Å². The molecule has 0 saturated carbocycles. The summed E-state index contributed by atoms with van der Waals surface area (Å²) in [6, 6.07) is 11.6. The Morgan fingerprint density at radius 2 is 1.68 bits per heavy atom. The third kappa shape index (κ3) is 4.11. The minimum atomic E-state index is -0.530. The molecule has 4 heteroatoms. The third-order valence-corrected chi connectivity index (χ3v) is 4.19. The van der Waals surface area contributed by atoms with Gasteiger partial charge < -0.3 is 0 Å². The fourth-order valence-electron chi connectivity index (χ4n) is 2.04. The van der Waals surface area contributed by atoms with Crippen molar-refractivity contribution in [3.8, 4) is 0 Å². The Labute approximate surface area is 128 Å². The van der Waals surface area contributed by atoms with Crippen LogP contribution in [0.4, 0.5) is 8.78 Å². The zero-order chi connectivity index (χ0) is 13.8. The Kier molecular flexibility index (Phi) is 5.11. The molecule has 0 aromatic heterocycles. The summed E-state index contributed by atoms with van der Waals surface area (Å²) in [5, 5.41) is 0.738. The first-order valence-electron chi connectivity index (χ1n) is 5.85. The van der Waals surface area contributed by atoms with Gasteiger partial charge in [0.2, 0.25) is 0 Å². The molecule has 1 atom stereocenters. The normalized spacial score (nSPS) is 12.4. The van der Waals surface area contributed by atoms with Gasteiger partial charge >= 0.3 is 0 Å². The van der Waals surface area contributed by atoms with Crippen molar-refractivity contribution >= 4 is 31.9 Å². The summed E-state index contributed by atoms with van der Waals surface area (Å²) in [6.07, 6.45) is 0.594. The molecule has 0 nitrogen and oxygen atoms in total. The molecular weight excluding hydrogens is 378 g/mol. The van der Waals surface area contributed by atoms with Crippen LogP contribution in [-0.4, -0.2) is 5.33 Å². The van der Waals surface area contributed by atoms with Crippen LogP contribution >= 0.6 is 31.9 Å². The fourth-order valence-corrected chi connectivity index (χ4v) is 3.06. The number of hydrogen-bond acceptors (Lipinski definition) is 0. The van der Waals surface area contributed by atoms with E-state index in [0.29, 0.717) is 12.0 Å². The second-order valence-corrected chi connectivity index (χ2v) is 5.95. The third-order valence-electron chi connectivity index (χ3n) is 2.91. The van der Waals surface area contributed by atoms with Gasteiger partial charge in [-0.2, -0.15) is 0 Å². The van der Waals surface area contributed by atoms with Crippen LogP contribution in [0.3, 0.4) is 0 Å². The monoisotopic (exact) mass is 388 g/mol. The maximum atomic E-state index is 13.2. The van der Waals surface area contributed by atoms with Gasteiger partial charge in [-0.15, -0.1) is 0 Å². The molecule has 2 aromatic rings. The Balaban J connectivity index is 2.23. The highest BCUT2D eigenvalue weighted by molar-refractivity contribution is 9.10. The van der Waals surface area contributed by atoms with Gasteiger partial charge in [0.05, 0.1) is 0 Å². The summed E-state index contributed by atoms with van der Waals surface area (Å²) in [5.74, 6) is -0.881. The highest BCUT2D eigenvalue weighted by Crippen LogP contribution is 2.26. The van der Waals surface area contributed by atoms with Crippen molar-refractivity contribution in [2.45, 2.75) is 12.3 Å². The maximum absolute atomic E-state index is 13.2. The van der Waals surface area contributed by atoms with Crippen molar-refractivity contribution in [2.75, 3.05) is 5.33 Å². The van der Waals surface area contributed by atoms with Gasteiger partial charge in [0.1, 0.15) is 11.6 Å². The molecular formula is C15H12Br2F2. The van der Waals surface area contributed by atoms with Gasteiger partial charge in [0, 0.05) is 15.9 Å². The molecule has 0 aliphatic carbocycles. The molecule has 1 unspecified atom stereocenters. The van der Waals surface area contributed by atoms with Crippen molar-refractivity contribution in [1.29, 1.82) is 0 Å². The van der Waals surface area contributed by atoms with Crippen LogP contribution in [0, 0.1) is 11.6 Å². The van der Waals surface area contributed by atoms with E-state index in [9.17, 15) is 8.78 Å². The molecule has 0 bridgehead atoms. The Bertz CT molecular complexity index is 550. The van der Waals surface area contributed by atoms with E-state index >= 15 is 0 Å². The van der Waals surface area contributed by atoms with Gasteiger partial charge in [0.15, 0.2) is 0 Å². The molecule has 19 heavy (non-hydrogen) atoms. The fraction of sp³-hybridized carbons (Fsp3) is 0.200. The van der Waals surface area contributed by atoms with E-state index < -0.39 is 11.6 Å². The average molecular weight is 390 g/mol. The predicted octanol–water partition coefficient (Wildman–Crippen LogP) is 5.45. The Morgan fingerprint density at radius 1 is 1.00 bits per heavy atom. The van der Waals surface area contributed by atoms with E-state index in [1.807, 2.05) is 24.3 Å². The molecule has 0 fully saturated rings. The van der Waals surface area contributed by atoms with E-state index in [0.717, 1.165) is 21.4 Å². The van der Waals surface area contributed by atoms with Gasteiger partial charge in [-0.05, 0) is 47.7 Å². The lowest BCUT2D eigenvalue weighted by atomic mass is 9.94. The Morgan fingerprint density at radius 3 is 2.26 bits per heavy atom. The molecule has 0 N–H and O–H groups in total. The molecule has 0 saturated heterocycles. The van der Waals surface area contributed by atoms with Crippen molar-refractivity contribution in [3.05, 3.63) is 69.7 Å². The second-order valence-electron chi connectivity index (χ2n) is 4.39. The van der Waals surface area contributed by atoms with Crippen LogP contribution in [-0.2, 0) is 6.42 Å². The van der Waals surface area contributed by atoms with Crippen LogP contribution in [0.2, 0.25) is 0 Å². The highest BCUT2D eigenvalue weighted by Gasteiger charge is 2.12. The lowest BCUT2D eigenvalue weighted by Crippen LogP contribution is -2.05. The molecule has 0 heterocycles. The number of alkyl halides is 1. The summed E-state index contributed by atoms with van der Waals surface area (Å²) in [7, 11) is 0. The lowest BCUT2D eigenvalue weighted by molar-refractivity contribution is 0.577. The summed E-state index contributed by atoms with van der Waals surface area (Å²) in [5.41, 5.74) is 1.80. The molecule has 0 aliphatic heterocycles. The minimum Gasteiger partial charge on any atom is -0.207 e. The zero-order valence-electron chi connectivity index (χ0n) is 10.0. The van der Waals surface area contributed by atoms with Gasteiger partial charge in [-0.1, -0.05) is 44.0 Å². The van der Waals surface area contributed by atoms with Crippen molar-refractivity contribution < 1.29 is 8.78 Å². The van der Waals surface area contributed by atoms with Crippen LogP contribution in [0.25, 0.3) is 0 Å². The predicted molar refractivity (Wildman–Crippen MR) is 80.7 cm³/mol. The first-order valence-corrected chi connectivity index (χ1v) is 7.76. The lowest BCUT2D eigenvalue weighted by Gasteiger charge is -2.15. The van der Waals surface area contributed by atoms with E-state index in [1.54, 1.807) is 0 Å². The maximum Gasteiger partial charge on any atom is 0.126 e. The first-order chi connectivity index (χ1) is 9.08. The molecule has 2 rings (SSSR count). The largest absolute Gasteiger partial charge is 0.207 e. The number of benzene rings is 2. The quantitative estimate of drug-likeness (QED) is 0.610. The Hall–Kier alpha value is -0.740. The highest BCUT2D eigenvalue weighted by atomic mass is 79.9. The molecule has 100 valence electrons. The summed E-state index contributed by atoms with van der Waals surface area (Å²) >= 11 is 6.90. The topological polar surface area (TPSA) is 0 Å². The number of hydrogen-bond donors (Lipinski definition) is 0.